The van der Waals surface area contributed by atoms with Crippen molar-refractivity contribution in [1.82, 2.24) is 10.6 Å². The van der Waals surface area contributed by atoms with Crippen molar-refractivity contribution in [2.45, 2.75) is 63.1 Å². The molecule has 2 aromatic carbocycles. The van der Waals surface area contributed by atoms with Crippen molar-refractivity contribution in [2.24, 2.45) is 0 Å². The molecule has 6 nitrogen and oxygen atoms in total. The molecule has 2 aromatic rings. The lowest BCUT2D eigenvalue weighted by atomic mass is 9.84. The van der Waals surface area contributed by atoms with E-state index in [0.717, 1.165) is 24.0 Å². The molecule has 1 spiro atoms. The number of benzene rings is 2. The summed E-state index contributed by atoms with van der Waals surface area (Å²) in [5.41, 5.74) is 2.46. The fourth-order valence-corrected chi connectivity index (χ4v) is 5.24. The molecule has 2 saturated heterocycles. The molecule has 3 atom stereocenters. The Balaban J connectivity index is 1.56. The number of hydrogen-bond acceptors (Lipinski definition) is 4. The maximum Gasteiger partial charge on any atom is 0.303 e. The molecule has 2 heterocycles. The highest BCUT2D eigenvalue weighted by atomic mass is 19.1. The van der Waals surface area contributed by atoms with Gasteiger partial charge in [-0.05, 0) is 55.7 Å². The summed E-state index contributed by atoms with van der Waals surface area (Å²) in [6, 6.07) is 13.2. The van der Waals surface area contributed by atoms with Crippen LogP contribution >= 0.6 is 0 Å². The highest BCUT2D eigenvalue weighted by Gasteiger charge is 2.49. The monoisotopic (exact) mass is 454 g/mol. The van der Waals surface area contributed by atoms with Crippen LogP contribution in [0.15, 0.2) is 42.5 Å². The number of amides is 1. The fourth-order valence-electron chi connectivity index (χ4n) is 5.24. The zero-order valence-electron chi connectivity index (χ0n) is 18.9. The molecule has 2 unspecified atom stereocenters. The number of unbranched alkanes of at least 4 members (excludes halogenated alkanes) is 1. The lowest BCUT2D eigenvalue weighted by Crippen LogP contribution is -2.63. The third-order valence-electron chi connectivity index (χ3n) is 6.70. The van der Waals surface area contributed by atoms with Gasteiger partial charge in [0.25, 0.3) is 0 Å². The minimum atomic E-state index is -0.797. The Morgan fingerprint density at radius 3 is 2.70 bits per heavy atom. The number of halogens is 1. The summed E-state index contributed by atoms with van der Waals surface area (Å²) in [7, 11) is 0. The first-order chi connectivity index (χ1) is 15.9. The van der Waals surface area contributed by atoms with Gasteiger partial charge < -0.3 is 20.5 Å². The van der Waals surface area contributed by atoms with Gasteiger partial charge in [0.05, 0.1) is 12.1 Å². The molecule has 4 rings (SSSR count). The predicted molar refractivity (Wildman–Crippen MR) is 123 cm³/mol. The van der Waals surface area contributed by atoms with Crippen LogP contribution in [0.25, 0.3) is 11.1 Å². The van der Waals surface area contributed by atoms with Gasteiger partial charge in [-0.3, -0.25) is 9.59 Å². The van der Waals surface area contributed by atoms with Gasteiger partial charge in [-0.2, -0.15) is 0 Å². The topological polar surface area (TPSA) is 87.7 Å². The normalized spacial score (nSPS) is 24.7. The highest BCUT2D eigenvalue weighted by Crippen LogP contribution is 2.33. The Hall–Kier alpha value is -2.77. The van der Waals surface area contributed by atoms with Gasteiger partial charge in [-0.25, -0.2) is 4.39 Å². The fraction of sp³-hybridized carbons (Fsp3) is 0.462. The Labute approximate surface area is 193 Å². The van der Waals surface area contributed by atoms with Gasteiger partial charge in [0, 0.05) is 24.1 Å². The Morgan fingerprint density at radius 2 is 1.91 bits per heavy atom. The molecule has 33 heavy (non-hydrogen) atoms. The maximum atomic E-state index is 15.8. The molecular weight excluding hydrogens is 423 g/mol. The van der Waals surface area contributed by atoms with Crippen molar-refractivity contribution >= 4 is 11.9 Å². The van der Waals surface area contributed by atoms with E-state index in [-0.39, 0.29) is 36.8 Å². The van der Waals surface area contributed by atoms with E-state index in [0.29, 0.717) is 37.0 Å². The number of hydrogen-bond donors (Lipinski definition) is 3. The summed E-state index contributed by atoms with van der Waals surface area (Å²) in [5, 5.41) is 15.5. The van der Waals surface area contributed by atoms with Crippen LogP contribution in [-0.2, 0) is 27.2 Å². The Bertz CT molecular complexity index is 1030. The van der Waals surface area contributed by atoms with Crippen molar-refractivity contribution in [1.29, 1.82) is 0 Å². The van der Waals surface area contributed by atoms with E-state index in [4.69, 9.17) is 9.84 Å². The number of carboxylic acids is 1. The SMILES string of the molecule is C[C@@H]1CC2(COCC(=O)N2)C(Cc2cccc(-c3ccccc3CCCCC(=O)O)c2F)N1. The van der Waals surface area contributed by atoms with Gasteiger partial charge in [0.2, 0.25) is 5.91 Å². The van der Waals surface area contributed by atoms with Gasteiger partial charge in [0.15, 0.2) is 0 Å². The number of aliphatic carboxylic acids is 1. The zero-order valence-corrected chi connectivity index (χ0v) is 18.9. The highest BCUT2D eigenvalue weighted by molar-refractivity contribution is 5.79. The molecule has 0 bridgehead atoms. The van der Waals surface area contributed by atoms with Crippen molar-refractivity contribution in [2.75, 3.05) is 13.2 Å². The molecule has 0 aliphatic carbocycles. The largest absolute Gasteiger partial charge is 0.481 e. The van der Waals surface area contributed by atoms with E-state index in [1.54, 1.807) is 12.1 Å². The van der Waals surface area contributed by atoms with Gasteiger partial charge in [-0.1, -0.05) is 42.5 Å². The number of carbonyl (C=O) groups is 2. The van der Waals surface area contributed by atoms with E-state index in [1.807, 2.05) is 30.3 Å². The third-order valence-corrected chi connectivity index (χ3v) is 6.70. The molecule has 0 aromatic heterocycles. The van der Waals surface area contributed by atoms with Crippen molar-refractivity contribution in [3.05, 3.63) is 59.4 Å². The van der Waals surface area contributed by atoms with Crippen LogP contribution in [0, 0.1) is 5.82 Å². The summed E-state index contributed by atoms with van der Waals surface area (Å²) < 4.78 is 21.3. The Kier molecular flexibility index (Phi) is 7.10. The van der Waals surface area contributed by atoms with Crippen LogP contribution < -0.4 is 10.6 Å². The predicted octanol–water partition coefficient (Wildman–Crippen LogP) is 3.47. The van der Waals surface area contributed by atoms with Crippen LogP contribution in [0.1, 0.15) is 43.7 Å². The number of nitrogens with one attached hydrogen (secondary N) is 2. The van der Waals surface area contributed by atoms with Gasteiger partial charge >= 0.3 is 5.97 Å². The van der Waals surface area contributed by atoms with E-state index in [9.17, 15) is 9.59 Å². The zero-order chi connectivity index (χ0) is 23.4. The minimum absolute atomic E-state index is 0.0654. The first-order valence-corrected chi connectivity index (χ1v) is 11.6. The number of morpholine rings is 1. The minimum Gasteiger partial charge on any atom is -0.481 e. The summed E-state index contributed by atoms with van der Waals surface area (Å²) in [4.78, 5) is 22.8. The van der Waals surface area contributed by atoms with Crippen LogP contribution in [0.4, 0.5) is 4.39 Å². The summed E-state index contributed by atoms with van der Waals surface area (Å²) >= 11 is 0. The third kappa shape index (κ3) is 5.25. The number of aryl methyl sites for hydroxylation is 1. The first-order valence-electron chi connectivity index (χ1n) is 11.6. The maximum absolute atomic E-state index is 15.8. The standard InChI is InChI=1S/C26H31FN2O4/c1-17-14-26(16-33-15-23(30)29-26)22(28-17)13-19-9-6-11-21(25(19)27)20-10-4-2-7-18(20)8-3-5-12-24(31)32/h2,4,6-7,9-11,17,22,28H,3,5,8,12-16H2,1H3,(H,29,30)(H,31,32)/t17-,22?,26?/m1/s1. The van der Waals surface area contributed by atoms with E-state index >= 15 is 4.39 Å². The van der Waals surface area contributed by atoms with Crippen molar-refractivity contribution in [3.63, 3.8) is 0 Å². The average molecular weight is 455 g/mol. The molecule has 3 N–H and O–H groups in total. The molecule has 2 aliphatic rings. The quantitative estimate of drug-likeness (QED) is 0.532. The molecular formula is C26H31FN2O4. The number of ether oxygens (including phenoxy) is 1. The second kappa shape index (κ2) is 10.0. The molecule has 0 saturated carbocycles. The average Bonchev–Trinajstić information content (AvgIpc) is 3.06. The summed E-state index contributed by atoms with van der Waals surface area (Å²) in [5.74, 6) is -1.18. The Morgan fingerprint density at radius 1 is 1.15 bits per heavy atom. The lowest BCUT2D eigenvalue weighted by Gasteiger charge is -2.39. The van der Waals surface area contributed by atoms with Crippen molar-refractivity contribution < 1.29 is 23.8 Å². The van der Waals surface area contributed by atoms with E-state index < -0.39 is 11.5 Å². The molecule has 176 valence electrons. The van der Waals surface area contributed by atoms with Crippen LogP contribution in [0.2, 0.25) is 0 Å². The van der Waals surface area contributed by atoms with Crippen LogP contribution in [0.3, 0.4) is 0 Å². The smallest absolute Gasteiger partial charge is 0.303 e. The van der Waals surface area contributed by atoms with Crippen LogP contribution in [-0.4, -0.2) is 47.8 Å². The van der Waals surface area contributed by atoms with Crippen LogP contribution in [0.5, 0.6) is 0 Å². The molecule has 0 radical (unpaired) electrons. The van der Waals surface area contributed by atoms with E-state index in [2.05, 4.69) is 17.6 Å². The summed E-state index contributed by atoms with van der Waals surface area (Å²) in [6.45, 7) is 2.55. The van der Waals surface area contributed by atoms with E-state index in [1.165, 1.54) is 0 Å². The lowest BCUT2D eigenvalue weighted by molar-refractivity contribution is -0.137. The molecule has 7 heteroatoms. The number of carboxylic acid groups (broad SMARTS) is 1. The molecule has 2 aliphatic heterocycles. The van der Waals surface area contributed by atoms with Gasteiger partial charge in [0.1, 0.15) is 12.4 Å². The van der Waals surface area contributed by atoms with Crippen molar-refractivity contribution in [3.8, 4) is 11.1 Å². The molecule has 1 amide bonds. The first kappa shape index (κ1) is 23.4. The molecule has 2 fully saturated rings. The summed E-state index contributed by atoms with van der Waals surface area (Å²) in [6.07, 6.45) is 3.34. The van der Waals surface area contributed by atoms with Gasteiger partial charge in [-0.15, -0.1) is 0 Å². The second-order valence-electron chi connectivity index (χ2n) is 9.26. The number of rotatable bonds is 8. The second-order valence-corrected chi connectivity index (χ2v) is 9.26. The number of carbonyl (C=O) groups excluding carboxylic acids is 1.